The van der Waals surface area contributed by atoms with Crippen LogP contribution in [0, 0.1) is 40.4 Å². The van der Waals surface area contributed by atoms with Crippen molar-refractivity contribution in [2.45, 2.75) is 83.8 Å². The van der Waals surface area contributed by atoms with Crippen molar-refractivity contribution in [3.8, 4) is 0 Å². The Hall–Kier alpha value is -1.13. The van der Waals surface area contributed by atoms with E-state index in [2.05, 4.69) is 13.8 Å². The number of aromatic nitrogens is 1. The van der Waals surface area contributed by atoms with Gasteiger partial charge in [-0.05, 0) is 104 Å². The number of fused-ring (bicyclic) bond motifs is 5. The third kappa shape index (κ3) is 3.44. The van der Waals surface area contributed by atoms with Gasteiger partial charge in [-0.15, -0.1) is 0 Å². The Morgan fingerprint density at radius 2 is 1.97 bits per heavy atom. The van der Waals surface area contributed by atoms with Crippen molar-refractivity contribution in [1.82, 2.24) is 4.57 Å². The van der Waals surface area contributed by atoms with Gasteiger partial charge in [0.2, 0.25) is 0 Å². The van der Waals surface area contributed by atoms with E-state index in [1.807, 2.05) is 0 Å². The van der Waals surface area contributed by atoms with Gasteiger partial charge in [0.15, 0.2) is 5.78 Å². The number of ketones is 1. The molecule has 4 aliphatic carbocycles. The number of aliphatic hydroxyl groups is 1. The lowest BCUT2D eigenvalue weighted by Gasteiger charge is -2.62. The van der Waals surface area contributed by atoms with E-state index in [0.717, 1.165) is 55.9 Å². The first-order valence-corrected chi connectivity index (χ1v) is 12.1. The van der Waals surface area contributed by atoms with Crippen LogP contribution in [0.3, 0.4) is 0 Å². The zero-order chi connectivity index (χ0) is 26.3. The summed E-state index contributed by atoms with van der Waals surface area (Å²) in [5, 5.41) is 11.1. The molecule has 0 aromatic carbocycles. The lowest BCUT2D eigenvalue weighted by molar-refractivity contribution is -0.164. The van der Waals surface area contributed by atoms with Crippen LogP contribution in [0.2, 0.25) is 0 Å². The molecule has 0 radical (unpaired) electrons. The molecule has 0 saturated heterocycles. The minimum Gasteiger partial charge on any atom is -0.387 e. The third-order valence-electron chi connectivity index (χ3n) is 10.0. The first-order valence-electron chi connectivity index (χ1n) is 14.7. The average molecular weight is 433 g/mol. The number of rotatable bonds is 5. The van der Waals surface area contributed by atoms with Crippen molar-refractivity contribution in [3.63, 3.8) is 0 Å². The predicted octanol–water partition coefficient (Wildman–Crippen LogP) is 5.09. The van der Waals surface area contributed by atoms with Gasteiger partial charge in [0.25, 0.3) is 0 Å². The summed E-state index contributed by atoms with van der Waals surface area (Å²) in [6.07, 6.45) is 7.04. The molecule has 4 heteroatoms. The van der Waals surface area contributed by atoms with Crippen LogP contribution in [0.4, 0.5) is 0 Å². The SMILES string of the molecule is [2H]c1cc([2H])n(C([2H])C(=O)[C@@]2([2H])CC[C@H]3[C@@H]4CC[C@H]5C[C@@](O)(COC)CC[C@]5(C)[C@H]4CC[C@@]32C)c1[2H]. The van der Waals surface area contributed by atoms with E-state index < -0.39 is 29.2 Å². The fourth-order valence-corrected chi connectivity index (χ4v) is 8.44. The van der Waals surface area contributed by atoms with Crippen molar-refractivity contribution in [1.29, 1.82) is 0 Å². The lowest BCUT2D eigenvalue weighted by atomic mass is 9.44. The zero-order valence-electron chi connectivity index (χ0n) is 24.2. The highest BCUT2D eigenvalue weighted by molar-refractivity contribution is 5.82. The number of methoxy groups -OCH3 is 1. The normalized spacial score (nSPS) is 52.5. The standard InChI is InChI=1S/C27H41NO3/c1-25-12-13-27(30,18-31-3)16-19(25)6-7-20-21-8-9-23(26(21,2)11-10-22(20)25)24(29)17-28-14-4-5-15-28/h4-5,14-15,19-23,30H,6-13,16-18H2,1-3H3/t19-,20-,21-,22-,23+,25-,26-,27+/m0/s1/i4D,14D,15D,17D,23D/t17?,19-,20-,21-,22-,23+,25-,26-,27+. The second kappa shape index (κ2) is 7.73. The molecule has 172 valence electrons. The van der Waals surface area contributed by atoms with Gasteiger partial charge in [-0.2, -0.15) is 0 Å². The lowest BCUT2D eigenvalue weighted by Crippen LogP contribution is -2.56. The molecule has 31 heavy (non-hydrogen) atoms. The van der Waals surface area contributed by atoms with E-state index in [-0.39, 0.29) is 29.7 Å². The maximum Gasteiger partial charge on any atom is 0.156 e. The van der Waals surface area contributed by atoms with Crippen LogP contribution in [0.1, 0.15) is 78.5 Å². The van der Waals surface area contributed by atoms with Crippen molar-refractivity contribution in [3.05, 3.63) is 24.5 Å². The molecule has 1 aromatic heterocycles. The Bertz CT molecular complexity index is 1050. The van der Waals surface area contributed by atoms with Crippen LogP contribution in [0.5, 0.6) is 0 Å². The van der Waals surface area contributed by atoms with Gasteiger partial charge in [0.1, 0.15) is 0 Å². The largest absolute Gasteiger partial charge is 0.387 e. The molecule has 4 saturated carbocycles. The van der Waals surface area contributed by atoms with Crippen LogP contribution >= 0.6 is 0 Å². The molecule has 1 heterocycles. The van der Waals surface area contributed by atoms with Crippen LogP contribution in [0.25, 0.3) is 0 Å². The van der Waals surface area contributed by atoms with E-state index in [4.69, 9.17) is 10.2 Å². The van der Waals surface area contributed by atoms with Gasteiger partial charge < -0.3 is 14.4 Å². The molecular formula is C27H41NO3. The number of hydrogen-bond donors (Lipinski definition) is 1. The van der Waals surface area contributed by atoms with E-state index in [1.54, 1.807) is 7.11 Å². The second-order valence-electron chi connectivity index (χ2n) is 11.4. The number of Topliss-reactive ketones (excluding diaryl/α,β-unsaturated/α-hetero) is 1. The molecule has 1 N–H and O–H groups in total. The van der Waals surface area contributed by atoms with Crippen LogP contribution in [-0.4, -0.2) is 34.8 Å². The van der Waals surface area contributed by atoms with Gasteiger partial charge in [-0.25, -0.2) is 0 Å². The van der Waals surface area contributed by atoms with Gasteiger partial charge in [0, 0.05) is 26.7 Å². The van der Waals surface area contributed by atoms with Crippen LogP contribution in [0.15, 0.2) is 24.5 Å². The van der Waals surface area contributed by atoms with Crippen LogP contribution < -0.4 is 0 Å². The number of carbonyl (C=O) groups is 1. The number of carbonyl (C=O) groups excluding carboxylic acids is 1. The maximum absolute atomic E-state index is 13.8. The first-order chi connectivity index (χ1) is 16.8. The van der Waals surface area contributed by atoms with Crippen molar-refractivity contribution >= 4 is 5.78 Å². The van der Waals surface area contributed by atoms with Gasteiger partial charge in [-0.3, -0.25) is 4.79 Å². The number of hydrogen-bond acceptors (Lipinski definition) is 3. The Kier molecular flexibility index (Phi) is 4.11. The molecule has 0 amide bonds. The highest BCUT2D eigenvalue weighted by atomic mass is 16.5. The summed E-state index contributed by atoms with van der Waals surface area (Å²) in [6, 6.07) is 1.02. The van der Waals surface area contributed by atoms with E-state index in [9.17, 15) is 11.3 Å². The van der Waals surface area contributed by atoms with Gasteiger partial charge >= 0.3 is 0 Å². The molecule has 0 spiro atoms. The Morgan fingerprint density at radius 1 is 1.16 bits per heavy atom. The zero-order valence-corrected chi connectivity index (χ0v) is 19.2. The summed E-state index contributed by atoms with van der Waals surface area (Å²) in [4.78, 5) is 13.8. The molecule has 4 fully saturated rings. The van der Waals surface area contributed by atoms with Crippen LogP contribution in [-0.2, 0) is 16.1 Å². The molecule has 4 nitrogen and oxygen atoms in total. The fourth-order valence-electron chi connectivity index (χ4n) is 8.44. The summed E-state index contributed by atoms with van der Waals surface area (Å²) in [6.45, 7) is 3.34. The predicted molar refractivity (Wildman–Crippen MR) is 121 cm³/mol. The Morgan fingerprint density at radius 3 is 2.71 bits per heavy atom. The number of ether oxygens (including phenoxy) is 1. The van der Waals surface area contributed by atoms with Gasteiger partial charge in [0.05, 0.1) is 24.2 Å². The smallest absolute Gasteiger partial charge is 0.156 e. The topological polar surface area (TPSA) is 51.5 Å². The minimum absolute atomic E-state index is 0.148. The van der Waals surface area contributed by atoms with E-state index in [1.165, 1.54) is 6.07 Å². The molecule has 0 bridgehead atoms. The first kappa shape index (κ1) is 16.5. The quantitative estimate of drug-likeness (QED) is 0.705. The molecule has 5 rings (SSSR count). The third-order valence-corrected chi connectivity index (χ3v) is 10.0. The average Bonchev–Trinajstić information content (AvgIpc) is 3.25. The van der Waals surface area contributed by atoms with Gasteiger partial charge in [-0.1, -0.05) is 13.8 Å². The second-order valence-corrected chi connectivity index (χ2v) is 11.4. The van der Waals surface area contributed by atoms with Crippen molar-refractivity contribution < 1.29 is 21.5 Å². The fraction of sp³-hybridized carbons (Fsp3) is 0.815. The summed E-state index contributed by atoms with van der Waals surface area (Å²) in [5.41, 5.74) is -1.13. The summed E-state index contributed by atoms with van der Waals surface area (Å²) in [7, 11) is 1.65. The highest BCUT2D eigenvalue weighted by Crippen LogP contribution is 2.68. The molecule has 1 aromatic rings. The minimum atomic E-state index is -1.54. The summed E-state index contributed by atoms with van der Waals surface area (Å²) < 4.78 is 48.4. The highest BCUT2D eigenvalue weighted by Gasteiger charge is 2.62. The summed E-state index contributed by atoms with van der Waals surface area (Å²) in [5.74, 6) is -0.315. The molecule has 9 atom stereocenters. The van der Waals surface area contributed by atoms with Crippen molar-refractivity contribution in [2.75, 3.05) is 13.7 Å². The van der Waals surface area contributed by atoms with E-state index >= 15 is 0 Å². The molecule has 4 aliphatic rings. The Balaban J connectivity index is 1.40. The monoisotopic (exact) mass is 432 g/mol. The molecule has 0 aliphatic heterocycles. The number of nitrogens with zero attached hydrogens (tertiary/aromatic N) is 1. The van der Waals surface area contributed by atoms with E-state index in [0.29, 0.717) is 30.8 Å². The summed E-state index contributed by atoms with van der Waals surface area (Å²) >= 11 is 0. The molecular weight excluding hydrogens is 386 g/mol. The van der Waals surface area contributed by atoms with Crippen molar-refractivity contribution in [2.24, 2.45) is 40.4 Å². The Labute approximate surface area is 194 Å². The maximum atomic E-state index is 13.8. The molecule has 1 unspecified atom stereocenters.